The van der Waals surface area contributed by atoms with Gasteiger partial charge < -0.3 is 4.90 Å². The van der Waals surface area contributed by atoms with Crippen molar-refractivity contribution in [2.75, 3.05) is 25.0 Å². The number of aromatic nitrogens is 6. The highest BCUT2D eigenvalue weighted by Crippen LogP contribution is 2.38. The lowest BCUT2D eigenvalue weighted by molar-refractivity contribution is 0.193. The van der Waals surface area contributed by atoms with Crippen molar-refractivity contribution in [2.45, 2.75) is 31.3 Å². The van der Waals surface area contributed by atoms with Crippen molar-refractivity contribution in [3.8, 4) is 0 Å². The largest absolute Gasteiger partial charge is 0.352 e. The van der Waals surface area contributed by atoms with Gasteiger partial charge in [0.1, 0.15) is 5.82 Å². The van der Waals surface area contributed by atoms with Crippen molar-refractivity contribution in [1.82, 2.24) is 34.5 Å². The molecule has 140 valence electrons. The molecule has 0 atom stereocenters. The average Bonchev–Trinajstić information content (AvgIpc) is 3.36. The maximum Gasteiger partial charge on any atom is 0.266 e. The van der Waals surface area contributed by atoms with Gasteiger partial charge in [-0.3, -0.25) is 9.69 Å². The fraction of sp³-hybridized carbons (Fsp3) is 0.500. The van der Waals surface area contributed by atoms with E-state index in [1.807, 2.05) is 16.6 Å². The van der Waals surface area contributed by atoms with E-state index in [-0.39, 0.29) is 5.56 Å². The van der Waals surface area contributed by atoms with Gasteiger partial charge in [-0.1, -0.05) is 0 Å². The molecule has 1 saturated carbocycles. The number of likely N-dealkylation sites (N-methyl/N-ethyl adjacent to an activating group) is 1. The molecule has 5 rings (SSSR count). The van der Waals surface area contributed by atoms with E-state index in [1.54, 1.807) is 19.2 Å². The summed E-state index contributed by atoms with van der Waals surface area (Å²) in [5.74, 6) is 2.48. The Morgan fingerprint density at radius 1 is 1.11 bits per heavy atom. The van der Waals surface area contributed by atoms with Crippen LogP contribution in [0.2, 0.25) is 0 Å². The molecule has 27 heavy (non-hydrogen) atoms. The number of fused-ring (bicyclic) bond motifs is 1. The summed E-state index contributed by atoms with van der Waals surface area (Å²) >= 11 is 0. The normalized spacial score (nSPS) is 17.7. The topological polar surface area (TPSA) is 84.5 Å². The van der Waals surface area contributed by atoms with Crippen molar-refractivity contribution in [3.05, 3.63) is 46.1 Å². The molecule has 3 aromatic rings. The van der Waals surface area contributed by atoms with E-state index in [1.165, 1.54) is 17.5 Å². The molecule has 0 spiro atoms. The van der Waals surface area contributed by atoms with Crippen LogP contribution in [-0.4, -0.2) is 60.7 Å². The summed E-state index contributed by atoms with van der Waals surface area (Å²) in [6.45, 7) is 2.56. The smallest absolute Gasteiger partial charge is 0.266 e. The molecule has 9 heteroatoms. The summed E-state index contributed by atoms with van der Waals surface area (Å²) in [7, 11) is 3.77. The molecule has 0 N–H and O–H groups in total. The van der Waals surface area contributed by atoms with Gasteiger partial charge in [0.15, 0.2) is 11.5 Å². The Labute approximate surface area is 156 Å². The van der Waals surface area contributed by atoms with Crippen LogP contribution in [0.4, 0.5) is 5.82 Å². The van der Waals surface area contributed by atoms with E-state index in [0.717, 1.165) is 42.6 Å². The lowest BCUT2D eigenvalue weighted by Crippen LogP contribution is -2.58. The minimum Gasteiger partial charge on any atom is -0.352 e. The minimum atomic E-state index is -0.0859. The van der Waals surface area contributed by atoms with Crippen LogP contribution in [0.1, 0.15) is 30.3 Å². The Kier molecular flexibility index (Phi) is 3.71. The molecule has 0 radical (unpaired) electrons. The molecule has 0 bridgehead atoms. The third-order valence-corrected chi connectivity index (χ3v) is 5.45. The fourth-order valence-corrected chi connectivity index (χ4v) is 3.50. The Balaban J connectivity index is 1.26. The van der Waals surface area contributed by atoms with Gasteiger partial charge in [-0.05, 0) is 38.1 Å². The van der Waals surface area contributed by atoms with Crippen LogP contribution < -0.4 is 10.5 Å². The third kappa shape index (κ3) is 2.97. The van der Waals surface area contributed by atoms with Gasteiger partial charge in [-0.2, -0.15) is 9.61 Å². The highest BCUT2D eigenvalue weighted by atomic mass is 16.1. The lowest BCUT2D eigenvalue weighted by atomic mass is 10.1. The molecular formula is C18H22N8O. The first-order valence-corrected chi connectivity index (χ1v) is 9.29. The number of nitrogens with zero attached hydrogens (tertiary/aromatic N) is 8. The van der Waals surface area contributed by atoms with Gasteiger partial charge in [0.05, 0.1) is 5.69 Å². The van der Waals surface area contributed by atoms with Gasteiger partial charge >= 0.3 is 0 Å². The molecule has 2 aliphatic rings. The minimum absolute atomic E-state index is 0.0859. The molecule has 1 aliphatic carbocycles. The number of anilines is 1. The Morgan fingerprint density at radius 2 is 1.93 bits per heavy atom. The number of hydrogen-bond donors (Lipinski definition) is 0. The van der Waals surface area contributed by atoms with Crippen molar-refractivity contribution in [2.24, 2.45) is 7.05 Å². The van der Waals surface area contributed by atoms with E-state index in [9.17, 15) is 4.79 Å². The van der Waals surface area contributed by atoms with Crippen LogP contribution in [0, 0.1) is 0 Å². The first-order chi connectivity index (χ1) is 13.1. The molecule has 4 heterocycles. The third-order valence-electron chi connectivity index (χ3n) is 5.45. The summed E-state index contributed by atoms with van der Waals surface area (Å²) in [6.07, 6.45) is 2.37. The molecule has 0 unspecified atom stereocenters. The Bertz CT molecular complexity index is 1050. The van der Waals surface area contributed by atoms with Crippen LogP contribution >= 0.6 is 0 Å². The lowest BCUT2D eigenvalue weighted by Gasteiger charge is -2.44. The molecule has 3 aromatic heterocycles. The summed E-state index contributed by atoms with van der Waals surface area (Å²) < 4.78 is 3.28. The molecule has 1 saturated heterocycles. The Morgan fingerprint density at radius 3 is 2.67 bits per heavy atom. The average molecular weight is 366 g/mol. The summed E-state index contributed by atoms with van der Waals surface area (Å²) in [5, 5.41) is 17.6. The predicted octanol–water partition coefficient (Wildman–Crippen LogP) is 0.416. The van der Waals surface area contributed by atoms with Crippen molar-refractivity contribution < 1.29 is 0 Å². The van der Waals surface area contributed by atoms with E-state index in [0.29, 0.717) is 12.0 Å². The Hall–Kier alpha value is -2.81. The molecular weight excluding hydrogens is 344 g/mol. The standard InChI is InChI=1S/C18H22N8O/c1-23(9-13-5-8-17(27)24(2)21-13)14-10-25(11-14)16-7-6-15-19-20-18(12-3-4-12)26(15)22-16/h5-8,12,14H,3-4,9-11H2,1-2H3. The zero-order chi connectivity index (χ0) is 18.5. The van der Waals surface area contributed by atoms with Crippen LogP contribution in [0.15, 0.2) is 29.1 Å². The van der Waals surface area contributed by atoms with E-state index in [2.05, 4.69) is 32.1 Å². The fourth-order valence-electron chi connectivity index (χ4n) is 3.50. The maximum atomic E-state index is 11.5. The molecule has 0 amide bonds. The highest BCUT2D eigenvalue weighted by Gasteiger charge is 2.33. The zero-order valence-corrected chi connectivity index (χ0v) is 15.5. The van der Waals surface area contributed by atoms with E-state index in [4.69, 9.17) is 5.10 Å². The van der Waals surface area contributed by atoms with Gasteiger partial charge in [-0.25, -0.2) is 4.68 Å². The van der Waals surface area contributed by atoms with Crippen molar-refractivity contribution >= 4 is 11.5 Å². The predicted molar refractivity (Wildman–Crippen MR) is 99.7 cm³/mol. The highest BCUT2D eigenvalue weighted by molar-refractivity contribution is 5.48. The second-order valence-corrected chi connectivity index (χ2v) is 7.55. The van der Waals surface area contributed by atoms with Crippen LogP contribution in [0.5, 0.6) is 0 Å². The van der Waals surface area contributed by atoms with Gasteiger partial charge in [0.2, 0.25) is 0 Å². The molecule has 1 aliphatic heterocycles. The molecule has 0 aromatic carbocycles. The van der Waals surface area contributed by atoms with Crippen molar-refractivity contribution in [1.29, 1.82) is 0 Å². The molecule has 2 fully saturated rings. The van der Waals surface area contributed by atoms with Gasteiger partial charge in [-0.15, -0.1) is 15.3 Å². The quantitative estimate of drug-likeness (QED) is 0.647. The second kappa shape index (κ2) is 6.12. The number of hydrogen-bond acceptors (Lipinski definition) is 7. The number of aryl methyl sites for hydroxylation is 1. The van der Waals surface area contributed by atoms with Crippen LogP contribution in [-0.2, 0) is 13.6 Å². The number of rotatable bonds is 5. The summed E-state index contributed by atoms with van der Waals surface area (Å²) in [5.41, 5.74) is 1.63. The van der Waals surface area contributed by atoms with E-state index < -0.39 is 0 Å². The summed E-state index contributed by atoms with van der Waals surface area (Å²) in [4.78, 5) is 16.0. The SMILES string of the molecule is CN(Cc1ccc(=O)n(C)n1)C1CN(c2ccc3nnc(C4CC4)n3n2)C1. The van der Waals surface area contributed by atoms with Crippen LogP contribution in [0.3, 0.4) is 0 Å². The first kappa shape index (κ1) is 16.4. The zero-order valence-electron chi connectivity index (χ0n) is 15.5. The van der Waals surface area contributed by atoms with Crippen LogP contribution in [0.25, 0.3) is 5.65 Å². The second-order valence-electron chi connectivity index (χ2n) is 7.55. The van der Waals surface area contributed by atoms with Crippen molar-refractivity contribution in [3.63, 3.8) is 0 Å². The van der Waals surface area contributed by atoms with Gasteiger partial charge in [0.25, 0.3) is 5.56 Å². The first-order valence-electron chi connectivity index (χ1n) is 9.29. The monoisotopic (exact) mass is 366 g/mol. The van der Waals surface area contributed by atoms with E-state index >= 15 is 0 Å². The maximum absolute atomic E-state index is 11.5. The summed E-state index contributed by atoms with van der Waals surface area (Å²) in [6, 6.07) is 7.82. The van der Waals surface area contributed by atoms with Gasteiger partial charge in [0, 0.05) is 44.7 Å². The molecule has 9 nitrogen and oxygen atoms in total.